The predicted octanol–water partition coefficient (Wildman–Crippen LogP) is 5.38. The number of hydrogen-bond acceptors (Lipinski definition) is 4. The van der Waals surface area contributed by atoms with Gasteiger partial charge in [-0.3, -0.25) is 4.98 Å². The summed E-state index contributed by atoms with van der Waals surface area (Å²) in [7, 11) is 0. The summed E-state index contributed by atoms with van der Waals surface area (Å²) in [4.78, 5) is 9.59. The third-order valence-corrected chi connectivity index (χ3v) is 6.21. The molecule has 0 saturated carbocycles. The van der Waals surface area contributed by atoms with E-state index in [1.165, 1.54) is 17.5 Å². The first-order valence-electron chi connectivity index (χ1n) is 10.2. The van der Waals surface area contributed by atoms with Gasteiger partial charge in [-0.25, -0.2) is 4.98 Å². The van der Waals surface area contributed by atoms with Crippen molar-refractivity contribution in [1.29, 1.82) is 0 Å². The largest absolute Gasteiger partial charge is 0.436 e. The Kier molecular flexibility index (Phi) is 3.60. The summed E-state index contributed by atoms with van der Waals surface area (Å²) in [5, 5.41) is 1.06. The number of hydrogen-bond donors (Lipinski definition) is 1. The van der Waals surface area contributed by atoms with Crippen molar-refractivity contribution >= 4 is 16.6 Å². The van der Waals surface area contributed by atoms with E-state index < -0.39 is 0 Å². The molecule has 0 radical (unpaired) electrons. The Balaban J connectivity index is 1.68. The van der Waals surface area contributed by atoms with Crippen LogP contribution in [0.1, 0.15) is 46.7 Å². The quantitative estimate of drug-likeness (QED) is 0.425. The molecule has 0 bridgehead atoms. The van der Waals surface area contributed by atoms with E-state index in [1.54, 1.807) is 0 Å². The summed E-state index contributed by atoms with van der Waals surface area (Å²) in [5.41, 5.74) is 14.1. The number of aryl methyl sites for hydroxylation is 1. The first kappa shape index (κ1) is 16.5. The van der Waals surface area contributed by atoms with Crippen molar-refractivity contribution in [2.75, 3.05) is 5.73 Å². The first-order chi connectivity index (χ1) is 14.3. The summed E-state index contributed by atoms with van der Waals surface area (Å²) < 4.78 is 6.44. The number of rotatable bonds is 1. The lowest BCUT2D eigenvalue weighted by Gasteiger charge is -2.32. The third-order valence-electron chi connectivity index (χ3n) is 6.21. The molecule has 0 spiro atoms. The van der Waals surface area contributed by atoms with Gasteiger partial charge in [-0.15, -0.1) is 0 Å². The minimum absolute atomic E-state index is 0.0129. The SMILES string of the molecule is Nc1c2c(nc3c1C(c1ccccc1)c1ccc4cccnc4c1O3)CCCC2. The molecular weight excluding hydrogens is 358 g/mol. The van der Waals surface area contributed by atoms with Crippen LogP contribution in [-0.4, -0.2) is 9.97 Å². The zero-order valence-electron chi connectivity index (χ0n) is 16.1. The molecule has 2 aromatic carbocycles. The molecule has 142 valence electrons. The van der Waals surface area contributed by atoms with Crippen LogP contribution in [0.3, 0.4) is 0 Å². The molecular formula is C25H21N3O. The van der Waals surface area contributed by atoms with Crippen LogP contribution in [0.15, 0.2) is 60.8 Å². The molecule has 2 aliphatic rings. The van der Waals surface area contributed by atoms with E-state index in [9.17, 15) is 0 Å². The lowest BCUT2D eigenvalue weighted by molar-refractivity contribution is 0.434. The Morgan fingerprint density at radius 1 is 0.931 bits per heavy atom. The van der Waals surface area contributed by atoms with E-state index in [1.807, 2.05) is 18.3 Å². The number of fused-ring (bicyclic) bond motifs is 5. The maximum absolute atomic E-state index is 6.79. The minimum Gasteiger partial charge on any atom is -0.436 e. The fraction of sp³-hybridized carbons (Fsp3) is 0.200. The van der Waals surface area contributed by atoms with Gasteiger partial charge in [0.25, 0.3) is 0 Å². The Labute approximate surface area is 169 Å². The van der Waals surface area contributed by atoms with Crippen molar-refractivity contribution in [2.24, 2.45) is 0 Å². The van der Waals surface area contributed by atoms with Crippen molar-refractivity contribution < 1.29 is 4.74 Å². The first-order valence-corrected chi connectivity index (χ1v) is 10.2. The van der Waals surface area contributed by atoms with Gasteiger partial charge in [0.1, 0.15) is 5.52 Å². The maximum atomic E-state index is 6.79. The second-order valence-electron chi connectivity index (χ2n) is 7.88. The van der Waals surface area contributed by atoms with E-state index in [0.717, 1.165) is 58.4 Å². The molecule has 4 aromatic rings. The second kappa shape index (κ2) is 6.31. The van der Waals surface area contributed by atoms with Gasteiger partial charge in [-0.2, -0.15) is 0 Å². The number of anilines is 1. The van der Waals surface area contributed by atoms with Gasteiger partial charge in [0.2, 0.25) is 5.88 Å². The van der Waals surface area contributed by atoms with Gasteiger partial charge in [0, 0.05) is 40.0 Å². The van der Waals surface area contributed by atoms with Crippen molar-refractivity contribution in [3.63, 3.8) is 0 Å². The molecule has 1 aliphatic heterocycles. The fourth-order valence-corrected chi connectivity index (χ4v) is 4.83. The lowest BCUT2D eigenvalue weighted by Crippen LogP contribution is -2.19. The molecule has 1 aliphatic carbocycles. The number of aromatic nitrogens is 2. The van der Waals surface area contributed by atoms with Gasteiger partial charge in [-0.1, -0.05) is 48.5 Å². The molecule has 2 aromatic heterocycles. The Bertz CT molecular complexity index is 1250. The van der Waals surface area contributed by atoms with Crippen LogP contribution in [-0.2, 0) is 12.8 Å². The highest BCUT2D eigenvalue weighted by molar-refractivity contribution is 5.88. The van der Waals surface area contributed by atoms with Gasteiger partial charge >= 0.3 is 0 Å². The van der Waals surface area contributed by atoms with Crippen LogP contribution in [0, 0.1) is 0 Å². The normalized spacial score (nSPS) is 17.2. The zero-order valence-corrected chi connectivity index (χ0v) is 16.1. The molecule has 1 unspecified atom stereocenters. The van der Waals surface area contributed by atoms with Crippen LogP contribution in [0.2, 0.25) is 0 Å². The highest BCUT2D eigenvalue weighted by Gasteiger charge is 2.35. The Morgan fingerprint density at radius 2 is 1.79 bits per heavy atom. The molecule has 1 atom stereocenters. The molecule has 4 nitrogen and oxygen atoms in total. The van der Waals surface area contributed by atoms with Gasteiger partial charge < -0.3 is 10.5 Å². The topological polar surface area (TPSA) is 61.0 Å². The standard InChI is InChI=1S/C25H21N3O/c26-22-17-10-4-5-11-19(17)28-25-21(22)20(15-7-2-1-3-8-15)18-13-12-16-9-6-14-27-23(16)24(18)29-25/h1-3,6-9,12-14,20H,4-5,10-11H2,(H2,26,28). The Morgan fingerprint density at radius 3 is 2.69 bits per heavy atom. The Hall–Kier alpha value is -3.40. The van der Waals surface area contributed by atoms with E-state index in [4.69, 9.17) is 15.5 Å². The second-order valence-corrected chi connectivity index (χ2v) is 7.88. The summed E-state index contributed by atoms with van der Waals surface area (Å²) >= 11 is 0. The molecule has 0 saturated heterocycles. The van der Waals surface area contributed by atoms with Crippen molar-refractivity contribution in [3.05, 3.63) is 88.7 Å². The molecule has 3 heterocycles. The third kappa shape index (κ3) is 2.45. The average Bonchev–Trinajstić information content (AvgIpc) is 2.78. The van der Waals surface area contributed by atoms with Gasteiger partial charge in [-0.05, 0) is 42.9 Å². The van der Waals surface area contributed by atoms with E-state index in [0.29, 0.717) is 5.88 Å². The number of benzene rings is 2. The summed E-state index contributed by atoms with van der Waals surface area (Å²) in [6.07, 6.45) is 6.09. The predicted molar refractivity (Wildman–Crippen MR) is 114 cm³/mol. The molecule has 0 amide bonds. The molecule has 0 fully saturated rings. The highest BCUT2D eigenvalue weighted by Crippen LogP contribution is 2.52. The number of nitrogens with zero attached hydrogens (tertiary/aromatic N) is 2. The van der Waals surface area contributed by atoms with Crippen LogP contribution in [0.25, 0.3) is 10.9 Å². The summed E-state index contributed by atoms with van der Waals surface area (Å²) in [6, 6.07) is 18.8. The smallest absolute Gasteiger partial charge is 0.225 e. The number of nitrogens with two attached hydrogens (primary N) is 1. The van der Waals surface area contributed by atoms with Crippen LogP contribution < -0.4 is 10.5 Å². The van der Waals surface area contributed by atoms with Crippen LogP contribution in [0.5, 0.6) is 11.6 Å². The molecule has 6 rings (SSSR count). The summed E-state index contributed by atoms with van der Waals surface area (Å²) in [5.74, 6) is 1.43. The highest BCUT2D eigenvalue weighted by atomic mass is 16.5. The minimum atomic E-state index is -0.0129. The monoisotopic (exact) mass is 379 g/mol. The molecule has 29 heavy (non-hydrogen) atoms. The number of nitrogen functional groups attached to an aromatic ring is 1. The summed E-state index contributed by atoms with van der Waals surface area (Å²) in [6.45, 7) is 0. The van der Waals surface area contributed by atoms with Crippen molar-refractivity contribution in [2.45, 2.75) is 31.6 Å². The number of ether oxygens (including phenoxy) is 1. The van der Waals surface area contributed by atoms with Crippen LogP contribution in [0.4, 0.5) is 5.69 Å². The lowest BCUT2D eigenvalue weighted by atomic mass is 9.80. The fourth-order valence-electron chi connectivity index (χ4n) is 4.83. The van der Waals surface area contributed by atoms with E-state index >= 15 is 0 Å². The molecule has 2 N–H and O–H groups in total. The van der Waals surface area contributed by atoms with Crippen LogP contribution >= 0.6 is 0 Å². The maximum Gasteiger partial charge on any atom is 0.225 e. The van der Waals surface area contributed by atoms with Gasteiger partial charge in [0.05, 0.1) is 0 Å². The van der Waals surface area contributed by atoms with Crippen molar-refractivity contribution in [3.8, 4) is 11.6 Å². The van der Waals surface area contributed by atoms with E-state index in [2.05, 4.69) is 47.4 Å². The average molecular weight is 379 g/mol. The van der Waals surface area contributed by atoms with Gasteiger partial charge in [0.15, 0.2) is 5.75 Å². The molecule has 4 heteroatoms. The number of pyridine rings is 2. The zero-order chi connectivity index (χ0) is 19.4. The van der Waals surface area contributed by atoms with E-state index in [-0.39, 0.29) is 5.92 Å². The van der Waals surface area contributed by atoms with Crippen molar-refractivity contribution in [1.82, 2.24) is 9.97 Å².